The van der Waals surface area contributed by atoms with Gasteiger partial charge in [-0.25, -0.2) is 4.98 Å². The summed E-state index contributed by atoms with van der Waals surface area (Å²) in [7, 11) is 3.02. The number of nitrogens with one attached hydrogen (secondary N) is 1. The number of ether oxygens (including phenoxy) is 2. The fraction of sp³-hybridized carbons (Fsp3) is 0.353. The fourth-order valence-corrected chi connectivity index (χ4v) is 2.39. The molecule has 0 amide bonds. The molecule has 136 valence electrons. The maximum Gasteiger partial charge on any atom is 0.419 e. The van der Waals surface area contributed by atoms with E-state index >= 15 is 0 Å². The number of pyridine rings is 1. The number of methoxy groups -OCH3 is 2. The van der Waals surface area contributed by atoms with Crippen LogP contribution in [-0.4, -0.2) is 32.4 Å². The van der Waals surface area contributed by atoms with E-state index in [2.05, 4.69) is 10.3 Å². The van der Waals surface area contributed by atoms with Gasteiger partial charge in [0.1, 0.15) is 11.6 Å². The molecule has 0 spiro atoms. The number of alkyl halides is 3. The molecule has 0 aliphatic carbocycles. The number of hydrogen-bond donors (Lipinski definition) is 2. The van der Waals surface area contributed by atoms with Gasteiger partial charge in [-0.1, -0.05) is 12.1 Å². The number of anilines is 2. The molecule has 0 bridgehead atoms. The Kier molecular flexibility index (Phi) is 6.08. The van der Waals surface area contributed by atoms with Crippen molar-refractivity contribution in [2.24, 2.45) is 0 Å². The van der Waals surface area contributed by atoms with Crippen molar-refractivity contribution in [1.29, 1.82) is 0 Å². The van der Waals surface area contributed by atoms with E-state index in [1.165, 1.54) is 7.11 Å². The van der Waals surface area contributed by atoms with Crippen molar-refractivity contribution in [1.82, 2.24) is 4.98 Å². The van der Waals surface area contributed by atoms with E-state index in [-0.39, 0.29) is 31.1 Å². The number of benzene rings is 1. The van der Waals surface area contributed by atoms with Gasteiger partial charge in [-0.2, -0.15) is 13.2 Å². The lowest BCUT2D eigenvalue weighted by molar-refractivity contribution is -0.137. The first-order chi connectivity index (χ1) is 11.9. The first-order valence-corrected chi connectivity index (χ1v) is 7.57. The van der Waals surface area contributed by atoms with Crippen molar-refractivity contribution in [3.05, 3.63) is 47.2 Å². The third-order valence-corrected chi connectivity index (χ3v) is 3.67. The van der Waals surface area contributed by atoms with Crippen molar-refractivity contribution in [2.45, 2.75) is 12.6 Å². The number of nitrogen functional groups attached to an aromatic ring is 1. The Morgan fingerprint density at radius 2 is 1.84 bits per heavy atom. The summed E-state index contributed by atoms with van der Waals surface area (Å²) in [5.41, 5.74) is 6.06. The van der Waals surface area contributed by atoms with E-state index in [0.717, 1.165) is 11.8 Å². The molecular formula is C17H20F3N3O2. The molecule has 2 rings (SSSR count). The zero-order chi connectivity index (χ0) is 18.4. The lowest BCUT2D eigenvalue weighted by atomic mass is 10.0. The van der Waals surface area contributed by atoms with Crippen molar-refractivity contribution < 1.29 is 22.6 Å². The van der Waals surface area contributed by atoms with E-state index in [0.29, 0.717) is 11.3 Å². The highest BCUT2D eigenvalue weighted by atomic mass is 19.4. The molecule has 3 N–H and O–H groups in total. The molecule has 25 heavy (non-hydrogen) atoms. The van der Waals surface area contributed by atoms with Crippen LogP contribution in [0.5, 0.6) is 5.75 Å². The average molecular weight is 355 g/mol. The SMILES string of the molecule is COCCNc1c(C(F)(F)F)cnc(N)c1Cc1ccc(OC)cc1. The third kappa shape index (κ3) is 4.76. The first-order valence-electron chi connectivity index (χ1n) is 7.57. The van der Waals surface area contributed by atoms with Gasteiger partial charge in [-0.3, -0.25) is 0 Å². The highest BCUT2D eigenvalue weighted by Gasteiger charge is 2.35. The number of halogens is 3. The van der Waals surface area contributed by atoms with Gasteiger partial charge in [0, 0.05) is 31.8 Å². The van der Waals surface area contributed by atoms with Gasteiger partial charge in [-0.05, 0) is 17.7 Å². The second-order valence-electron chi connectivity index (χ2n) is 5.35. The number of aromatic nitrogens is 1. The third-order valence-electron chi connectivity index (χ3n) is 3.67. The number of nitrogens with zero attached hydrogens (tertiary/aromatic N) is 1. The molecular weight excluding hydrogens is 335 g/mol. The monoisotopic (exact) mass is 355 g/mol. The minimum atomic E-state index is -4.54. The second-order valence-corrected chi connectivity index (χ2v) is 5.35. The standard InChI is InChI=1S/C17H20F3N3O2/c1-24-8-7-22-15-13(9-11-3-5-12(25-2)6-4-11)16(21)23-10-14(15)17(18,19)20/h3-6,10H,7-9H2,1-2H3,(H3,21,22,23). The summed E-state index contributed by atoms with van der Waals surface area (Å²) in [6.45, 7) is 0.486. The highest BCUT2D eigenvalue weighted by molar-refractivity contribution is 5.66. The molecule has 5 nitrogen and oxygen atoms in total. The summed E-state index contributed by atoms with van der Waals surface area (Å²) >= 11 is 0. The molecule has 0 atom stereocenters. The molecule has 1 aromatic carbocycles. The Morgan fingerprint density at radius 1 is 1.16 bits per heavy atom. The largest absolute Gasteiger partial charge is 0.497 e. The average Bonchev–Trinajstić information content (AvgIpc) is 2.57. The van der Waals surface area contributed by atoms with E-state index in [1.54, 1.807) is 31.4 Å². The van der Waals surface area contributed by atoms with Crippen molar-refractivity contribution >= 4 is 11.5 Å². The van der Waals surface area contributed by atoms with Gasteiger partial charge in [-0.15, -0.1) is 0 Å². The first kappa shape index (κ1) is 18.9. The zero-order valence-corrected chi connectivity index (χ0v) is 14.0. The van der Waals surface area contributed by atoms with Crippen LogP contribution in [0.4, 0.5) is 24.7 Å². The lowest BCUT2D eigenvalue weighted by Gasteiger charge is -2.19. The Labute approximate surface area is 144 Å². The Balaban J connectivity index is 2.42. The van der Waals surface area contributed by atoms with Crippen LogP contribution in [0.3, 0.4) is 0 Å². The van der Waals surface area contributed by atoms with Crippen LogP contribution in [0, 0.1) is 0 Å². The van der Waals surface area contributed by atoms with Crippen LogP contribution < -0.4 is 15.8 Å². The fourth-order valence-electron chi connectivity index (χ4n) is 2.39. The van der Waals surface area contributed by atoms with Crippen molar-refractivity contribution in [3.8, 4) is 5.75 Å². The van der Waals surface area contributed by atoms with Crippen LogP contribution in [0.25, 0.3) is 0 Å². The predicted octanol–water partition coefficient (Wildman–Crippen LogP) is 3.34. The summed E-state index contributed by atoms with van der Waals surface area (Å²) in [6.07, 6.45) is -3.57. The molecule has 0 aliphatic rings. The normalized spacial score (nSPS) is 11.4. The maximum atomic E-state index is 13.3. The highest BCUT2D eigenvalue weighted by Crippen LogP contribution is 2.38. The van der Waals surface area contributed by atoms with Crippen LogP contribution in [0.15, 0.2) is 30.5 Å². The Hall–Kier alpha value is -2.48. The van der Waals surface area contributed by atoms with Crippen LogP contribution in [-0.2, 0) is 17.3 Å². The summed E-state index contributed by atoms with van der Waals surface area (Å²) in [5.74, 6) is 0.723. The Bertz CT molecular complexity index is 704. The zero-order valence-electron chi connectivity index (χ0n) is 14.0. The maximum absolute atomic E-state index is 13.3. The summed E-state index contributed by atoms with van der Waals surface area (Å²) in [5, 5.41) is 2.78. The van der Waals surface area contributed by atoms with Gasteiger partial charge in [0.25, 0.3) is 0 Å². The lowest BCUT2D eigenvalue weighted by Crippen LogP contribution is -2.18. The number of nitrogens with two attached hydrogens (primary N) is 1. The van der Waals surface area contributed by atoms with Gasteiger partial charge in [0.15, 0.2) is 0 Å². The quantitative estimate of drug-likeness (QED) is 0.746. The molecule has 0 aliphatic heterocycles. The smallest absolute Gasteiger partial charge is 0.419 e. The van der Waals surface area contributed by atoms with Crippen molar-refractivity contribution in [3.63, 3.8) is 0 Å². The molecule has 0 radical (unpaired) electrons. The summed E-state index contributed by atoms with van der Waals surface area (Å²) < 4.78 is 50.0. The van der Waals surface area contributed by atoms with E-state index in [9.17, 15) is 13.2 Å². The molecule has 1 aromatic heterocycles. The predicted molar refractivity (Wildman–Crippen MR) is 89.8 cm³/mol. The molecule has 8 heteroatoms. The molecule has 1 heterocycles. The van der Waals surface area contributed by atoms with Crippen LogP contribution >= 0.6 is 0 Å². The van der Waals surface area contributed by atoms with Crippen LogP contribution in [0.2, 0.25) is 0 Å². The minimum Gasteiger partial charge on any atom is -0.497 e. The molecule has 0 saturated heterocycles. The minimum absolute atomic E-state index is 0.0590. The van der Waals surface area contributed by atoms with Gasteiger partial charge in [0.2, 0.25) is 0 Å². The topological polar surface area (TPSA) is 69.4 Å². The van der Waals surface area contributed by atoms with Crippen molar-refractivity contribution in [2.75, 3.05) is 38.4 Å². The van der Waals surface area contributed by atoms with Gasteiger partial charge < -0.3 is 20.5 Å². The molecule has 0 fully saturated rings. The van der Waals surface area contributed by atoms with E-state index in [1.807, 2.05) is 0 Å². The van der Waals surface area contributed by atoms with Gasteiger partial charge >= 0.3 is 6.18 Å². The molecule has 0 unspecified atom stereocenters. The van der Waals surface area contributed by atoms with E-state index in [4.69, 9.17) is 15.2 Å². The summed E-state index contributed by atoms with van der Waals surface area (Å²) in [6, 6.07) is 7.03. The molecule has 2 aromatic rings. The summed E-state index contributed by atoms with van der Waals surface area (Å²) in [4.78, 5) is 3.73. The van der Waals surface area contributed by atoms with Gasteiger partial charge in [0.05, 0.1) is 25.0 Å². The second kappa shape index (κ2) is 8.06. The van der Waals surface area contributed by atoms with E-state index < -0.39 is 11.7 Å². The Morgan fingerprint density at radius 3 is 2.40 bits per heavy atom. The number of rotatable bonds is 7. The molecule has 0 saturated carbocycles. The number of hydrogen-bond acceptors (Lipinski definition) is 5. The van der Waals surface area contributed by atoms with Crippen LogP contribution in [0.1, 0.15) is 16.7 Å².